The average molecular weight is 846 g/mol. The van der Waals surface area contributed by atoms with Gasteiger partial charge in [0.25, 0.3) is 0 Å². The molecule has 322 valence electrons. The molecular weight excluding hydrogens is 799 g/mol. The highest BCUT2D eigenvalue weighted by molar-refractivity contribution is 5.89. The molecule has 1 aliphatic carbocycles. The molecule has 4 unspecified atom stereocenters. The number of likely N-dealkylation sites (tertiary alicyclic amines) is 2. The molecule has 2 aromatic carbocycles. The zero-order valence-corrected chi connectivity index (χ0v) is 34.0. The summed E-state index contributed by atoms with van der Waals surface area (Å²) in [5.41, 5.74) is 6.34. The predicted molar refractivity (Wildman–Crippen MR) is 225 cm³/mol. The summed E-state index contributed by atoms with van der Waals surface area (Å²) in [6.07, 6.45) is 6.43. The second kappa shape index (κ2) is 18.2. The normalized spacial score (nSPS) is 22.4. The Kier molecular flexibility index (Phi) is 12.8. The van der Waals surface area contributed by atoms with Gasteiger partial charge >= 0.3 is 17.9 Å². The van der Waals surface area contributed by atoms with Crippen LogP contribution in [0.15, 0.2) is 83.6 Å². The molecule has 0 amide bonds. The summed E-state index contributed by atoms with van der Waals surface area (Å²) >= 11 is 0. The summed E-state index contributed by atoms with van der Waals surface area (Å²) in [5.74, 6) is -3.93. The first-order valence-corrected chi connectivity index (χ1v) is 20.2. The van der Waals surface area contributed by atoms with E-state index in [2.05, 4.69) is 65.4 Å². The molecule has 8 rings (SSSR count). The number of carboxylic acids is 3. The third-order valence-corrected chi connectivity index (χ3v) is 11.7. The number of nitrogens with zero attached hydrogens (tertiary/aromatic N) is 6. The number of aromatic nitrogens is 3. The van der Waals surface area contributed by atoms with E-state index in [0.717, 1.165) is 46.2 Å². The van der Waals surface area contributed by atoms with E-state index in [1.165, 1.54) is 0 Å². The van der Waals surface area contributed by atoms with Crippen molar-refractivity contribution in [3.63, 3.8) is 0 Å². The number of benzene rings is 2. The first-order valence-electron chi connectivity index (χ1n) is 20.2. The van der Waals surface area contributed by atoms with Crippen LogP contribution in [0.25, 0.3) is 27.6 Å². The van der Waals surface area contributed by atoms with Crippen molar-refractivity contribution in [2.24, 2.45) is 11.8 Å². The van der Waals surface area contributed by atoms with Crippen molar-refractivity contribution in [1.82, 2.24) is 24.8 Å². The lowest BCUT2D eigenvalue weighted by Crippen LogP contribution is -2.42. The summed E-state index contributed by atoms with van der Waals surface area (Å²) in [5, 5.41) is 67.0. The van der Waals surface area contributed by atoms with E-state index in [9.17, 15) is 29.9 Å². The van der Waals surface area contributed by atoms with Crippen LogP contribution in [0.3, 0.4) is 0 Å². The lowest BCUT2D eigenvalue weighted by molar-refractivity contribution is -0.165. The van der Waals surface area contributed by atoms with Gasteiger partial charge in [0, 0.05) is 56.4 Å². The van der Waals surface area contributed by atoms with Crippen molar-refractivity contribution in [2.45, 2.75) is 63.6 Å². The maximum atomic E-state index is 11.6. The number of hydrogen-bond donors (Lipinski definition) is 7. The van der Waals surface area contributed by atoms with Crippen molar-refractivity contribution in [1.29, 1.82) is 5.26 Å². The lowest BCUT2D eigenvalue weighted by atomic mass is 9.73. The van der Waals surface area contributed by atoms with E-state index >= 15 is 0 Å². The molecule has 2 fully saturated rings. The highest BCUT2D eigenvalue weighted by atomic mass is 16.4. The van der Waals surface area contributed by atoms with E-state index in [4.69, 9.17) is 39.8 Å². The van der Waals surface area contributed by atoms with Crippen molar-refractivity contribution in [3.05, 3.63) is 113 Å². The zero-order chi connectivity index (χ0) is 44.3. The van der Waals surface area contributed by atoms with Gasteiger partial charge in [0.15, 0.2) is 23.6 Å². The molecule has 0 spiro atoms. The molecule has 0 bridgehead atoms. The molecular formula is C45H47N7O10. The quantitative estimate of drug-likeness (QED) is 0.0939. The number of pyridine rings is 2. The number of β-amino-alcohol motifs (C(OH)–C–C–N with tert-alkyl or cyclic N) is 1. The fraction of sp³-hybridized carbons (Fsp3) is 0.356. The number of oxazole rings is 1. The molecule has 3 aromatic heterocycles. The number of carbonyl (C=O) groups is 3. The minimum atomic E-state index is -2.27. The number of nitriles is 1. The van der Waals surface area contributed by atoms with Gasteiger partial charge in [-0.25, -0.2) is 19.6 Å². The van der Waals surface area contributed by atoms with Crippen LogP contribution >= 0.6 is 0 Å². The third-order valence-electron chi connectivity index (χ3n) is 11.7. The van der Waals surface area contributed by atoms with E-state index in [1.807, 2.05) is 42.6 Å². The fourth-order valence-corrected chi connectivity index (χ4v) is 8.36. The van der Waals surface area contributed by atoms with Crippen LogP contribution in [-0.2, 0) is 33.0 Å². The number of hydrogen-bond acceptors (Lipinski definition) is 14. The highest BCUT2D eigenvalue weighted by Crippen LogP contribution is 2.46. The molecule has 5 heterocycles. The number of nitrogens with one attached hydrogen (secondary N) is 1. The first-order chi connectivity index (χ1) is 29.7. The molecule has 2 saturated heterocycles. The van der Waals surface area contributed by atoms with Crippen molar-refractivity contribution in [2.75, 3.05) is 31.5 Å². The van der Waals surface area contributed by atoms with Crippen LogP contribution in [-0.4, -0.2) is 118 Å². The first kappa shape index (κ1) is 43.5. The van der Waals surface area contributed by atoms with Crippen LogP contribution in [0.5, 0.6) is 0 Å². The van der Waals surface area contributed by atoms with E-state index in [1.54, 1.807) is 6.20 Å². The summed E-state index contributed by atoms with van der Waals surface area (Å²) in [6.45, 7) is 8.14. The Morgan fingerprint density at radius 3 is 2.34 bits per heavy atom. The number of aliphatic hydroxyl groups is 3. The van der Waals surface area contributed by atoms with Crippen molar-refractivity contribution in [3.8, 4) is 6.07 Å². The number of fused-ring (bicyclic) bond motifs is 2. The second-order valence-corrected chi connectivity index (χ2v) is 16.0. The number of aryl methyl sites for hydroxylation is 1. The Bertz CT molecular complexity index is 2600. The number of carboxylic acid groups (broad SMARTS) is 3. The van der Waals surface area contributed by atoms with Gasteiger partial charge in [-0.05, 0) is 84.5 Å². The van der Waals surface area contributed by atoms with Gasteiger partial charge in [-0.2, -0.15) is 5.26 Å². The van der Waals surface area contributed by atoms with Gasteiger partial charge in [-0.15, -0.1) is 0 Å². The van der Waals surface area contributed by atoms with Crippen molar-refractivity contribution < 1.29 is 49.4 Å². The molecule has 3 aliphatic rings. The topological polar surface area (TPSA) is 267 Å². The second-order valence-electron chi connectivity index (χ2n) is 16.0. The van der Waals surface area contributed by atoms with Crippen LogP contribution in [0.1, 0.15) is 53.5 Å². The van der Waals surface area contributed by atoms with Gasteiger partial charge in [0.1, 0.15) is 22.6 Å². The number of rotatable bonds is 12. The summed E-state index contributed by atoms with van der Waals surface area (Å²) in [4.78, 5) is 50.3. The fourth-order valence-electron chi connectivity index (χ4n) is 8.36. The van der Waals surface area contributed by atoms with E-state index < -0.39 is 35.7 Å². The Morgan fingerprint density at radius 1 is 0.968 bits per heavy atom. The molecule has 0 saturated carbocycles. The SMILES string of the molecule is Cc1ccccc1C1=CC=CC(Nc2nccc3cc(CN4CC[C@@H](O)C4)cnc23)(c2nc3cc(CN4CC[C@@H](C(=O)O)C4)cc(C#N)c3o2)C1C.O=C(O)C(O)C(O)C(=O)O. The number of allylic oxidation sites excluding steroid dienone is 2. The zero-order valence-electron chi connectivity index (χ0n) is 34.0. The number of aliphatic carboxylic acids is 3. The molecule has 5 aromatic rings. The summed E-state index contributed by atoms with van der Waals surface area (Å²) < 4.78 is 6.64. The maximum Gasteiger partial charge on any atom is 0.335 e. The molecule has 62 heavy (non-hydrogen) atoms. The molecule has 6 atom stereocenters. The maximum absolute atomic E-state index is 11.6. The standard InChI is InChI=1S/C41H41N7O4.C4H6O6/c1-25-6-3-4-7-33(25)34-8-5-12-41(26(34)2,46-38-36-29(9-13-43-38)17-28(20-44-36)22-48-15-11-32(49)24-48)40-45-35-18-27(16-31(19-42)37(35)52-40)21-47-14-10-30(23-47)39(50)51;5-1(3(7)8)2(6)4(9)10/h3-9,12-13,16-18,20,26,30,32,49H,10-11,14-15,21-24H2,1-2H3,(H,43,46)(H,50,51);1-2,5-6H,(H,7,8)(H,9,10)/t26?,30-,32-,41?;/m1./s1. The predicted octanol–water partition coefficient (Wildman–Crippen LogP) is 3.90. The van der Waals surface area contributed by atoms with Crippen LogP contribution < -0.4 is 5.32 Å². The molecule has 0 radical (unpaired) electrons. The van der Waals surface area contributed by atoms with Gasteiger partial charge in [0.2, 0.25) is 5.89 Å². The molecule has 17 heteroatoms. The van der Waals surface area contributed by atoms with E-state index in [0.29, 0.717) is 73.0 Å². The molecule has 7 N–H and O–H groups in total. The van der Waals surface area contributed by atoms with E-state index in [-0.39, 0.29) is 17.9 Å². The minimum Gasteiger partial charge on any atom is -0.481 e. The number of anilines is 1. The van der Waals surface area contributed by atoms with Gasteiger partial charge in [-0.1, -0.05) is 43.3 Å². The Hall–Kier alpha value is -6.55. The Morgan fingerprint density at radius 2 is 1.68 bits per heavy atom. The third kappa shape index (κ3) is 9.05. The average Bonchev–Trinajstić information content (AvgIpc) is 4.02. The lowest BCUT2D eigenvalue weighted by Gasteiger charge is -2.39. The van der Waals surface area contributed by atoms with Crippen LogP contribution in [0.2, 0.25) is 0 Å². The largest absolute Gasteiger partial charge is 0.481 e. The van der Waals surface area contributed by atoms with Crippen LogP contribution in [0.4, 0.5) is 5.82 Å². The van der Waals surface area contributed by atoms with Gasteiger partial charge in [-0.3, -0.25) is 19.6 Å². The Balaban J connectivity index is 0.000000516. The summed E-state index contributed by atoms with van der Waals surface area (Å²) in [6, 6.07) is 18.5. The summed E-state index contributed by atoms with van der Waals surface area (Å²) in [7, 11) is 0. The highest BCUT2D eigenvalue weighted by Gasteiger charge is 2.45. The Labute approximate surface area is 355 Å². The molecule has 17 nitrogen and oxygen atoms in total. The van der Waals surface area contributed by atoms with Gasteiger partial charge < -0.3 is 40.4 Å². The smallest absolute Gasteiger partial charge is 0.335 e. The van der Waals surface area contributed by atoms with Gasteiger partial charge in [0.05, 0.1) is 17.6 Å². The number of aliphatic hydroxyl groups excluding tert-OH is 3. The monoisotopic (exact) mass is 845 g/mol. The van der Waals surface area contributed by atoms with Crippen LogP contribution in [0, 0.1) is 30.1 Å². The molecule has 2 aliphatic heterocycles. The van der Waals surface area contributed by atoms with Crippen molar-refractivity contribution >= 4 is 51.3 Å². The minimum absolute atomic E-state index is 0.202.